The van der Waals surface area contributed by atoms with Crippen LogP contribution in [0.4, 0.5) is 14.0 Å². The van der Waals surface area contributed by atoms with Crippen molar-refractivity contribution in [2.75, 3.05) is 34.4 Å². The predicted molar refractivity (Wildman–Crippen MR) is 118 cm³/mol. The molecule has 1 N–H and O–H groups in total. The zero-order valence-electron chi connectivity index (χ0n) is 18.8. The quantitative estimate of drug-likeness (QED) is 0.656. The second-order valence-corrected chi connectivity index (χ2v) is 10.2. The predicted octanol–water partition coefficient (Wildman–Crippen LogP) is 2.18. The Bertz CT molecular complexity index is 1250. The summed E-state index contributed by atoms with van der Waals surface area (Å²) in [5.74, 6) is -0.804. The average Bonchev–Trinajstić information content (AvgIpc) is 2.75. The van der Waals surface area contributed by atoms with Gasteiger partial charge < -0.3 is 19.1 Å². The van der Waals surface area contributed by atoms with E-state index < -0.39 is 39.3 Å². The lowest BCUT2D eigenvalue weighted by Crippen LogP contribution is -2.63. The van der Waals surface area contributed by atoms with Crippen LogP contribution in [0.15, 0.2) is 36.4 Å². The second-order valence-electron chi connectivity index (χ2n) is 8.25. The number of nitrogens with zero attached hydrogens (tertiary/aromatic N) is 2. The fourth-order valence-corrected chi connectivity index (χ4v) is 4.61. The zero-order valence-corrected chi connectivity index (χ0v) is 19.6. The molecule has 12 heteroatoms. The molecule has 0 bridgehead atoms. The van der Waals surface area contributed by atoms with Crippen molar-refractivity contribution in [1.82, 2.24) is 14.5 Å². The zero-order chi connectivity index (χ0) is 24.7. The third kappa shape index (κ3) is 4.31. The Morgan fingerprint density at radius 3 is 2.56 bits per heavy atom. The summed E-state index contributed by atoms with van der Waals surface area (Å²) in [4.78, 5) is 27.5. The molecule has 0 radical (unpaired) electrons. The van der Waals surface area contributed by atoms with E-state index in [2.05, 4.69) is 4.72 Å². The van der Waals surface area contributed by atoms with E-state index in [-0.39, 0.29) is 42.4 Å². The lowest BCUT2D eigenvalue weighted by Gasteiger charge is -2.51. The van der Waals surface area contributed by atoms with Crippen molar-refractivity contribution in [3.05, 3.63) is 58.9 Å². The van der Waals surface area contributed by atoms with Gasteiger partial charge in [0.25, 0.3) is 0 Å². The Morgan fingerprint density at radius 1 is 1.24 bits per heavy atom. The SMILES string of the molecule is CNS(=O)(=O)Cc1cccc(CN2C(=O)Oc3cc(OC(=O)N(C)C)ccc3C23COC3)c1F. The lowest BCUT2D eigenvalue weighted by molar-refractivity contribution is -0.143. The number of benzene rings is 2. The fraction of sp³-hybridized carbons (Fsp3) is 0.364. The number of fused-ring (bicyclic) bond motifs is 2. The van der Waals surface area contributed by atoms with Crippen LogP contribution < -0.4 is 14.2 Å². The molecule has 2 amide bonds. The molecule has 0 aliphatic carbocycles. The highest BCUT2D eigenvalue weighted by molar-refractivity contribution is 7.88. The van der Waals surface area contributed by atoms with Crippen LogP contribution in [-0.4, -0.2) is 64.8 Å². The van der Waals surface area contributed by atoms with Crippen LogP contribution in [0.5, 0.6) is 11.5 Å². The summed E-state index contributed by atoms with van der Waals surface area (Å²) in [6.45, 7) is 0.182. The van der Waals surface area contributed by atoms with Crippen LogP contribution in [-0.2, 0) is 32.6 Å². The Balaban J connectivity index is 1.64. The van der Waals surface area contributed by atoms with Gasteiger partial charge in [0.05, 0.1) is 25.5 Å². The molecule has 2 aliphatic rings. The average molecular weight is 494 g/mol. The molecule has 4 rings (SSSR count). The minimum absolute atomic E-state index is 0.0103. The molecule has 0 atom stereocenters. The molecule has 1 spiro atoms. The van der Waals surface area contributed by atoms with Crippen molar-refractivity contribution < 1.29 is 36.6 Å². The summed E-state index contributed by atoms with van der Waals surface area (Å²) in [6.07, 6.45) is -1.31. The number of hydrogen-bond donors (Lipinski definition) is 1. The minimum atomic E-state index is -3.68. The first-order valence-corrected chi connectivity index (χ1v) is 12.0. The Hall–Kier alpha value is -3.22. The normalized spacial score (nSPS) is 16.5. The van der Waals surface area contributed by atoms with Gasteiger partial charge in [-0.3, -0.25) is 4.90 Å². The van der Waals surface area contributed by atoms with Gasteiger partial charge in [-0.25, -0.2) is 27.1 Å². The smallest absolute Gasteiger partial charge is 0.410 e. The van der Waals surface area contributed by atoms with Crippen molar-refractivity contribution in [2.45, 2.75) is 17.8 Å². The van der Waals surface area contributed by atoms with E-state index >= 15 is 4.39 Å². The molecule has 2 aromatic carbocycles. The molecule has 10 nitrogen and oxygen atoms in total. The number of amides is 2. The van der Waals surface area contributed by atoms with Crippen LogP contribution in [0.1, 0.15) is 16.7 Å². The van der Waals surface area contributed by atoms with Crippen LogP contribution >= 0.6 is 0 Å². The molecule has 2 aromatic rings. The maximum Gasteiger partial charge on any atom is 0.416 e. The van der Waals surface area contributed by atoms with E-state index in [0.29, 0.717) is 5.56 Å². The van der Waals surface area contributed by atoms with Crippen molar-refractivity contribution in [2.24, 2.45) is 0 Å². The molecule has 0 aromatic heterocycles. The van der Waals surface area contributed by atoms with Gasteiger partial charge in [-0.15, -0.1) is 0 Å². The topological polar surface area (TPSA) is 114 Å². The molecule has 2 aliphatic heterocycles. The summed E-state index contributed by atoms with van der Waals surface area (Å²) in [5.41, 5.74) is -0.123. The fourth-order valence-electron chi connectivity index (χ4n) is 3.83. The second kappa shape index (κ2) is 8.85. The number of sulfonamides is 1. The maximum atomic E-state index is 15.2. The third-order valence-electron chi connectivity index (χ3n) is 5.78. The van der Waals surface area contributed by atoms with E-state index in [1.54, 1.807) is 26.2 Å². The minimum Gasteiger partial charge on any atom is -0.410 e. The van der Waals surface area contributed by atoms with Gasteiger partial charge in [0, 0.05) is 36.9 Å². The van der Waals surface area contributed by atoms with E-state index in [1.807, 2.05) is 0 Å². The number of halogens is 1. The summed E-state index contributed by atoms with van der Waals surface area (Å²) < 4.78 is 57.3. The molecule has 0 unspecified atom stereocenters. The largest absolute Gasteiger partial charge is 0.416 e. The van der Waals surface area contributed by atoms with Crippen molar-refractivity contribution >= 4 is 22.2 Å². The van der Waals surface area contributed by atoms with Crippen molar-refractivity contribution in [1.29, 1.82) is 0 Å². The van der Waals surface area contributed by atoms with Crippen LogP contribution in [0.25, 0.3) is 0 Å². The van der Waals surface area contributed by atoms with Crippen LogP contribution in [0.2, 0.25) is 0 Å². The summed E-state index contributed by atoms with van der Waals surface area (Å²) in [7, 11) is 0.658. The molecule has 1 saturated heterocycles. The first kappa shape index (κ1) is 23.9. The number of carbonyl (C=O) groups is 2. The van der Waals surface area contributed by atoms with E-state index in [0.717, 1.165) is 0 Å². The van der Waals surface area contributed by atoms with E-state index in [4.69, 9.17) is 14.2 Å². The molecule has 182 valence electrons. The Kier molecular flexibility index (Phi) is 6.23. The first-order chi connectivity index (χ1) is 16.1. The van der Waals surface area contributed by atoms with Crippen molar-refractivity contribution in [3.8, 4) is 11.5 Å². The molecular formula is C22H24FN3O7S. The van der Waals surface area contributed by atoms with Gasteiger partial charge in [-0.05, 0) is 19.2 Å². The Labute approximate surface area is 196 Å². The van der Waals surface area contributed by atoms with Gasteiger partial charge in [0.1, 0.15) is 22.9 Å². The summed E-state index contributed by atoms with van der Waals surface area (Å²) in [6, 6.07) is 9.14. The van der Waals surface area contributed by atoms with Crippen LogP contribution in [0, 0.1) is 5.82 Å². The van der Waals surface area contributed by atoms with E-state index in [1.165, 1.54) is 41.1 Å². The number of nitrogens with one attached hydrogen (secondary N) is 1. The number of ether oxygens (including phenoxy) is 3. The van der Waals surface area contributed by atoms with Gasteiger partial charge in [-0.1, -0.05) is 18.2 Å². The monoisotopic (exact) mass is 493 g/mol. The number of hydrogen-bond acceptors (Lipinski definition) is 7. The molecule has 2 heterocycles. The molecule has 1 fully saturated rings. The lowest BCUT2D eigenvalue weighted by atomic mass is 9.84. The number of rotatable bonds is 6. The highest BCUT2D eigenvalue weighted by Crippen LogP contribution is 2.46. The molecule has 0 saturated carbocycles. The van der Waals surface area contributed by atoms with Gasteiger partial charge in [0.15, 0.2) is 0 Å². The van der Waals surface area contributed by atoms with E-state index in [9.17, 15) is 18.0 Å². The number of carbonyl (C=O) groups excluding carboxylic acids is 2. The first-order valence-electron chi connectivity index (χ1n) is 10.3. The van der Waals surface area contributed by atoms with Gasteiger partial charge in [-0.2, -0.15) is 0 Å². The third-order valence-corrected chi connectivity index (χ3v) is 7.10. The summed E-state index contributed by atoms with van der Waals surface area (Å²) in [5, 5.41) is 0. The summed E-state index contributed by atoms with van der Waals surface area (Å²) >= 11 is 0. The van der Waals surface area contributed by atoms with Gasteiger partial charge >= 0.3 is 12.2 Å². The highest BCUT2D eigenvalue weighted by Gasteiger charge is 2.53. The standard InChI is InChI=1S/C22H24FN3O7S/c1-24-34(29,30)11-15-6-4-5-14(19(15)23)10-26-21(28)33-18-9-16(32-20(27)25(2)3)7-8-17(18)22(26)12-31-13-22/h4-9,24H,10-13H2,1-3H3. The molecule has 34 heavy (non-hydrogen) atoms. The highest BCUT2D eigenvalue weighted by atomic mass is 32.2. The van der Waals surface area contributed by atoms with Crippen molar-refractivity contribution in [3.63, 3.8) is 0 Å². The Morgan fingerprint density at radius 2 is 1.94 bits per heavy atom. The van der Waals surface area contributed by atoms with Gasteiger partial charge in [0.2, 0.25) is 10.0 Å². The van der Waals surface area contributed by atoms with Crippen LogP contribution in [0.3, 0.4) is 0 Å². The molecular weight excluding hydrogens is 469 g/mol. The maximum absolute atomic E-state index is 15.2.